The van der Waals surface area contributed by atoms with E-state index in [1.165, 1.54) is 14.0 Å². The Labute approximate surface area is 356 Å². The maximum Gasteiger partial charge on any atom is 0.311 e. The highest BCUT2D eigenvalue weighted by molar-refractivity contribution is 5.92. The molecule has 346 valence electrons. The molecule has 3 saturated heterocycles. The number of hydrogen-bond acceptors (Lipinski definition) is 15. The molecule has 0 saturated carbocycles. The molecule has 3 aliphatic rings. The summed E-state index contributed by atoms with van der Waals surface area (Å²) in [5, 5.41) is 61.6. The minimum atomic E-state index is -1.83. The van der Waals surface area contributed by atoms with Crippen molar-refractivity contribution in [3.05, 3.63) is 24.0 Å². The van der Waals surface area contributed by atoms with Crippen molar-refractivity contribution in [3.8, 4) is 0 Å². The molecule has 6 N–H and O–H groups in total. The van der Waals surface area contributed by atoms with Crippen molar-refractivity contribution in [1.29, 1.82) is 0 Å². The number of cyclic esters (lactones) is 1. The number of likely N-dealkylation sites (N-methyl/N-ethyl adjacent to an activating group) is 2. The van der Waals surface area contributed by atoms with Gasteiger partial charge in [-0.05, 0) is 94.0 Å². The van der Waals surface area contributed by atoms with Crippen molar-refractivity contribution >= 4 is 11.9 Å². The van der Waals surface area contributed by atoms with E-state index in [1.54, 1.807) is 85.5 Å². The van der Waals surface area contributed by atoms with Crippen LogP contribution in [0.3, 0.4) is 0 Å². The number of methoxy groups -OCH3 is 1. The Morgan fingerprint density at radius 3 is 2.30 bits per heavy atom. The summed E-state index contributed by atoms with van der Waals surface area (Å²) in [6.45, 7) is 16.3. The first-order chi connectivity index (χ1) is 27.9. The summed E-state index contributed by atoms with van der Waals surface area (Å²) in [5.74, 6) is -2.79. The molecule has 0 bridgehead atoms. The van der Waals surface area contributed by atoms with E-state index in [4.69, 9.17) is 28.4 Å². The Hall–Kier alpha value is -2.26. The largest absolute Gasteiger partial charge is 0.459 e. The number of amides is 1. The molecule has 1 amide bonds. The van der Waals surface area contributed by atoms with Crippen molar-refractivity contribution in [2.75, 3.05) is 40.8 Å². The van der Waals surface area contributed by atoms with Gasteiger partial charge in [0.2, 0.25) is 0 Å². The van der Waals surface area contributed by atoms with Crippen LogP contribution >= 0.6 is 0 Å². The summed E-state index contributed by atoms with van der Waals surface area (Å²) in [4.78, 5) is 30.8. The first-order valence-electron chi connectivity index (χ1n) is 21.6. The van der Waals surface area contributed by atoms with E-state index >= 15 is 0 Å². The number of aliphatic hydroxyl groups excluding tert-OH is 3. The lowest BCUT2D eigenvalue weighted by Gasteiger charge is -2.49. The molecule has 4 heterocycles. The quantitative estimate of drug-likeness (QED) is 0.174. The highest BCUT2D eigenvalue weighted by Gasteiger charge is 2.52. The number of aromatic nitrogens is 1. The summed E-state index contributed by atoms with van der Waals surface area (Å²) in [7, 11) is 6.92. The fourth-order valence-corrected chi connectivity index (χ4v) is 9.16. The third kappa shape index (κ3) is 11.3. The molecule has 0 aromatic carbocycles. The minimum Gasteiger partial charge on any atom is -0.459 e. The predicted molar refractivity (Wildman–Crippen MR) is 222 cm³/mol. The van der Waals surface area contributed by atoms with Gasteiger partial charge in [0.1, 0.15) is 35.7 Å². The number of carbonyl (C=O) groups excluding carboxylic acids is 2. The van der Waals surface area contributed by atoms with Gasteiger partial charge in [0.05, 0.1) is 41.5 Å². The number of nitrogens with zero attached hydrogens (tertiary/aromatic N) is 3. The van der Waals surface area contributed by atoms with Gasteiger partial charge in [0.25, 0.3) is 5.91 Å². The Morgan fingerprint density at radius 2 is 1.70 bits per heavy atom. The number of hydrogen-bond donors (Lipinski definition) is 6. The van der Waals surface area contributed by atoms with Gasteiger partial charge in [-0.1, -0.05) is 13.8 Å². The Balaban J connectivity index is 1.70. The van der Waals surface area contributed by atoms with Crippen molar-refractivity contribution in [3.63, 3.8) is 0 Å². The van der Waals surface area contributed by atoms with Crippen LogP contribution in [0.1, 0.15) is 98.5 Å². The molecule has 1 aromatic rings. The van der Waals surface area contributed by atoms with E-state index in [0.29, 0.717) is 25.2 Å². The lowest BCUT2D eigenvalue weighted by Crippen LogP contribution is -2.62. The Kier molecular flexibility index (Phi) is 17.2. The average Bonchev–Trinajstić information content (AvgIpc) is 3.63. The maximum atomic E-state index is 14.3. The number of aryl methyl sites for hydroxylation is 1. The SMILES string of the molecule is CC[C@H]1OC(=O)[C@H](C)[C@@H](O[C@H]2C[C@@](C)(OC)[C@@H](O)[C@H](C)O2)[C@H](C)[C@@H](O[C@@H]2O[C@H](C)C[C@H](N(C)CCNC(=O)c3cccn3C)[C@H]2O)[C@](C)(O)CCN(C)[C@H](C)[C@@H](O)[C@]1(C)O. The van der Waals surface area contributed by atoms with Gasteiger partial charge in [-0.25, -0.2) is 0 Å². The normalized spacial score (nSPS) is 43.0. The van der Waals surface area contributed by atoms with Crippen LogP contribution < -0.4 is 5.32 Å². The Bertz CT molecular complexity index is 1550. The average molecular weight is 857 g/mol. The monoisotopic (exact) mass is 857 g/mol. The highest BCUT2D eigenvalue weighted by Crippen LogP contribution is 2.39. The number of carbonyl (C=O) groups is 2. The van der Waals surface area contributed by atoms with Gasteiger partial charge < -0.3 is 68.7 Å². The van der Waals surface area contributed by atoms with Crippen LogP contribution in [0.25, 0.3) is 0 Å². The topological polar surface area (TPSA) is 214 Å². The van der Waals surface area contributed by atoms with Gasteiger partial charge in [0.15, 0.2) is 12.6 Å². The zero-order valence-electron chi connectivity index (χ0n) is 38.1. The molecular weight excluding hydrogens is 780 g/mol. The molecule has 0 spiro atoms. The second-order valence-electron chi connectivity index (χ2n) is 18.4. The lowest BCUT2D eigenvalue weighted by atomic mass is 9.79. The van der Waals surface area contributed by atoms with E-state index in [1.807, 2.05) is 23.8 Å². The summed E-state index contributed by atoms with van der Waals surface area (Å²) in [5.41, 5.74) is -4.02. The van der Waals surface area contributed by atoms with Gasteiger partial charge >= 0.3 is 5.97 Å². The molecule has 60 heavy (non-hydrogen) atoms. The Morgan fingerprint density at radius 1 is 1.03 bits per heavy atom. The molecule has 0 aliphatic carbocycles. The fourth-order valence-electron chi connectivity index (χ4n) is 9.16. The molecule has 0 radical (unpaired) electrons. The molecule has 17 heteroatoms. The third-order valence-corrected chi connectivity index (χ3v) is 13.6. The van der Waals surface area contributed by atoms with E-state index in [9.17, 15) is 35.1 Å². The zero-order valence-corrected chi connectivity index (χ0v) is 38.1. The molecular formula is C43H76N4O13. The van der Waals surface area contributed by atoms with Crippen LogP contribution in [0.4, 0.5) is 0 Å². The van der Waals surface area contributed by atoms with E-state index < -0.39 is 102 Å². The first kappa shape index (κ1) is 50.4. The van der Waals surface area contributed by atoms with E-state index in [2.05, 4.69) is 5.32 Å². The molecule has 4 rings (SSSR count). The van der Waals surface area contributed by atoms with Crippen LogP contribution in [0.2, 0.25) is 0 Å². The van der Waals surface area contributed by atoms with E-state index in [-0.39, 0.29) is 37.8 Å². The summed E-state index contributed by atoms with van der Waals surface area (Å²) in [6, 6.07) is 2.47. The van der Waals surface area contributed by atoms with Gasteiger partial charge in [-0.2, -0.15) is 0 Å². The van der Waals surface area contributed by atoms with Crippen molar-refractivity contribution in [2.24, 2.45) is 18.9 Å². The third-order valence-electron chi connectivity index (χ3n) is 13.6. The zero-order chi connectivity index (χ0) is 45.1. The number of aliphatic hydroxyl groups is 5. The first-order valence-corrected chi connectivity index (χ1v) is 21.6. The maximum absolute atomic E-state index is 14.3. The lowest BCUT2D eigenvalue weighted by molar-refractivity contribution is -0.318. The summed E-state index contributed by atoms with van der Waals surface area (Å²) >= 11 is 0. The molecule has 3 aliphatic heterocycles. The second-order valence-corrected chi connectivity index (χ2v) is 18.4. The standard InChI is InChI=1S/C43H76N4O13/c1-14-31-43(9,54)35(49)27(5)45(10)20-17-41(7,53)37(25(3)34(26(4)39(52)58-31)59-32-23-42(8,55-13)36(50)28(6)57-32)60-40-33(48)30(22-24(2)56-40)47(12)21-18-44-38(51)29-16-15-19-46(29)11/h15-16,19,24-28,30-37,40,48-50,53-54H,14,17-18,20-23H2,1-13H3,(H,44,51)/t24-,25+,26-,27-,28+,30+,31-,32+,33-,34+,35-,36+,37-,40+,41-,42-,43-/m1/s1. The highest BCUT2D eigenvalue weighted by atomic mass is 16.7. The molecule has 0 unspecified atom stereocenters. The van der Waals surface area contributed by atoms with Gasteiger partial charge in [-0.3, -0.25) is 14.5 Å². The number of ether oxygens (including phenoxy) is 6. The minimum absolute atomic E-state index is 0.102. The molecule has 1 aromatic heterocycles. The van der Waals surface area contributed by atoms with Crippen molar-refractivity contribution < 1.29 is 63.5 Å². The smallest absolute Gasteiger partial charge is 0.311 e. The van der Waals surface area contributed by atoms with Crippen LogP contribution in [0, 0.1) is 11.8 Å². The number of esters is 1. The van der Waals surface area contributed by atoms with Crippen molar-refractivity contribution in [2.45, 2.75) is 178 Å². The predicted octanol–water partition coefficient (Wildman–Crippen LogP) is 1.40. The van der Waals surface area contributed by atoms with Gasteiger partial charge in [-0.15, -0.1) is 0 Å². The molecule has 17 atom stereocenters. The van der Waals surface area contributed by atoms with Crippen LogP contribution in [0.5, 0.6) is 0 Å². The number of rotatable bonds is 11. The van der Waals surface area contributed by atoms with E-state index in [0.717, 1.165) is 0 Å². The summed E-state index contributed by atoms with van der Waals surface area (Å²) < 4.78 is 39.5. The van der Waals surface area contributed by atoms with Gasteiger partial charge in [0, 0.05) is 64.4 Å². The van der Waals surface area contributed by atoms with Crippen molar-refractivity contribution in [1.82, 2.24) is 19.7 Å². The number of nitrogens with one attached hydrogen (secondary N) is 1. The second kappa shape index (κ2) is 20.5. The van der Waals surface area contributed by atoms with Crippen LogP contribution in [-0.4, -0.2) is 183 Å². The summed E-state index contributed by atoms with van der Waals surface area (Å²) in [6.07, 6.45) is -7.40. The van der Waals surface area contributed by atoms with Crippen LogP contribution in [-0.2, 0) is 40.3 Å². The fraction of sp³-hybridized carbons (Fsp3) is 0.860. The van der Waals surface area contributed by atoms with Crippen LogP contribution in [0.15, 0.2) is 18.3 Å². The molecule has 17 nitrogen and oxygen atoms in total. The molecule has 3 fully saturated rings.